The summed E-state index contributed by atoms with van der Waals surface area (Å²) in [6.45, 7) is 5.65. The summed E-state index contributed by atoms with van der Waals surface area (Å²) < 4.78 is 5.31. The van der Waals surface area contributed by atoms with Gasteiger partial charge in [0.1, 0.15) is 6.61 Å². The molecule has 0 saturated heterocycles. The molecule has 5 nitrogen and oxygen atoms in total. The van der Waals surface area contributed by atoms with Crippen LogP contribution in [0.1, 0.15) is 19.4 Å². The SMILES string of the molecule is CC(C)CNCC(O)C(CSc1ccccc1)NC(=O)OCc1ccccc1. The smallest absolute Gasteiger partial charge is 0.407 e. The maximum absolute atomic E-state index is 12.3. The number of alkyl carbamates (subject to hydrolysis) is 1. The van der Waals surface area contributed by atoms with Crippen molar-refractivity contribution in [1.82, 2.24) is 10.6 Å². The van der Waals surface area contributed by atoms with Crippen molar-refractivity contribution in [2.75, 3.05) is 18.8 Å². The summed E-state index contributed by atoms with van der Waals surface area (Å²) in [5.74, 6) is 1.04. The highest BCUT2D eigenvalue weighted by Gasteiger charge is 2.22. The number of amides is 1. The summed E-state index contributed by atoms with van der Waals surface area (Å²) in [6.07, 6.45) is -1.23. The zero-order valence-corrected chi connectivity index (χ0v) is 17.3. The molecule has 2 aromatic rings. The van der Waals surface area contributed by atoms with Gasteiger partial charge >= 0.3 is 6.09 Å². The molecule has 6 heteroatoms. The van der Waals surface area contributed by atoms with E-state index in [1.54, 1.807) is 11.8 Å². The van der Waals surface area contributed by atoms with Crippen molar-refractivity contribution in [3.8, 4) is 0 Å². The van der Waals surface area contributed by atoms with Crippen LogP contribution in [0.5, 0.6) is 0 Å². The molecule has 2 rings (SSSR count). The Morgan fingerprint density at radius 3 is 2.32 bits per heavy atom. The predicted molar refractivity (Wildman–Crippen MR) is 114 cm³/mol. The summed E-state index contributed by atoms with van der Waals surface area (Å²) >= 11 is 1.60. The van der Waals surface area contributed by atoms with Crippen LogP contribution in [0.4, 0.5) is 4.79 Å². The average molecular weight is 403 g/mol. The lowest BCUT2D eigenvalue weighted by Gasteiger charge is -2.24. The van der Waals surface area contributed by atoms with E-state index in [1.807, 2.05) is 60.7 Å². The average Bonchev–Trinajstić information content (AvgIpc) is 2.70. The van der Waals surface area contributed by atoms with E-state index in [0.29, 0.717) is 18.2 Å². The van der Waals surface area contributed by atoms with Crippen molar-refractivity contribution in [2.24, 2.45) is 5.92 Å². The number of rotatable bonds is 11. The van der Waals surface area contributed by atoms with E-state index in [2.05, 4.69) is 24.5 Å². The Kier molecular flexibility index (Phi) is 9.90. The zero-order chi connectivity index (χ0) is 20.2. The van der Waals surface area contributed by atoms with Gasteiger partial charge in [-0.25, -0.2) is 4.79 Å². The quantitative estimate of drug-likeness (QED) is 0.500. The number of aliphatic hydroxyl groups excluding tert-OH is 1. The van der Waals surface area contributed by atoms with Crippen LogP contribution in [-0.4, -0.2) is 42.2 Å². The maximum Gasteiger partial charge on any atom is 0.407 e. The summed E-state index contributed by atoms with van der Waals surface area (Å²) in [5.41, 5.74) is 0.923. The molecular formula is C22H30N2O3S. The van der Waals surface area contributed by atoms with Crippen molar-refractivity contribution in [3.05, 3.63) is 66.2 Å². The van der Waals surface area contributed by atoms with Gasteiger partial charge in [-0.1, -0.05) is 62.4 Å². The molecule has 0 radical (unpaired) electrons. The molecule has 0 aromatic heterocycles. The monoisotopic (exact) mass is 402 g/mol. The van der Waals surface area contributed by atoms with Gasteiger partial charge in [0.05, 0.1) is 12.1 Å². The number of carbonyl (C=O) groups excluding carboxylic acids is 1. The van der Waals surface area contributed by atoms with Gasteiger partial charge in [-0.3, -0.25) is 0 Å². The Bertz CT molecular complexity index is 683. The van der Waals surface area contributed by atoms with Gasteiger partial charge in [0.25, 0.3) is 0 Å². The minimum absolute atomic E-state index is 0.201. The number of carbonyl (C=O) groups is 1. The van der Waals surface area contributed by atoms with Crippen molar-refractivity contribution in [2.45, 2.75) is 37.5 Å². The van der Waals surface area contributed by atoms with Crippen molar-refractivity contribution in [3.63, 3.8) is 0 Å². The molecular weight excluding hydrogens is 372 g/mol. The van der Waals surface area contributed by atoms with E-state index >= 15 is 0 Å². The summed E-state index contributed by atoms with van der Waals surface area (Å²) in [6, 6.07) is 19.0. The molecule has 2 atom stereocenters. The van der Waals surface area contributed by atoms with E-state index in [4.69, 9.17) is 4.74 Å². The first kappa shape index (κ1) is 22.3. The molecule has 152 valence electrons. The standard InChI is InChI=1S/C22H30N2O3S/c1-17(2)13-23-14-21(25)20(16-28-19-11-7-4-8-12-19)24-22(26)27-15-18-9-5-3-6-10-18/h3-12,17,20-21,23,25H,13-16H2,1-2H3,(H,24,26). The lowest BCUT2D eigenvalue weighted by molar-refractivity contribution is 0.106. The molecule has 0 fully saturated rings. The van der Waals surface area contributed by atoms with Crippen molar-refractivity contribution >= 4 is 17.9 Å². The number of nitrogens with one attached hydrogen (secondary N) is 2. The number of hydrogen-bond donors (Lipinski definition) is 3. The van der Waals surface area contributed by atoms with Crippen LogP contribution in [0.25, 0.3) is 0 Å². The first-order valence-electron chi connectivity index (χ1n) is 9.58. The Morgan fingerprint density at radius 2 is 1.68 bits per heavy atom. The highest BCUT2D eigenvalue weighted by atomic mass is 32.2. The Balaban J connectivity index is 1.88. The van der Waals surface area contributed by atoms with Gasteiger partial charge in [0.2, 0.25) is 0 Å². The topological polar surface area (TPSA) is 70.6 Å². The van der Waals surface area contributed by atoms with Gasteiger partial charge in [0.15, 0.2) is 0 Å². The number of hydrogen-bond acceptors (Lipinski definition) is 5. The lowest BCUT2D eigenvalue weighted by atomic mass is 10.1. The van der Waals surface area contributed by atoms with E-state index in [-0.39, 0.29) is 6.61 Å². The minimum atomic E-state index is -0.709. The van der Waals surface area contributed by atoms with Crippen LogP contribution in [0.3, 0.4) is 0 Å². The van der Waals surface area contributed by atoms with Crippen LogP contribution >= 0.6 is 11.8 Å². The largest absolute Gasteiger partial charge is 0.445 e. The lowest BCUT2D eigenvalue weighted by Crippen LogP contribution is -2.49. The Hall–Kier alpha value is -2.02. The maximum atomic E-state index is 12.3. The zero-order valence-electron chi connectivity index (χ0n) is 16.5. The van der Waals surface area contributed by atoms with Crippen LogP contribution in [0.2, 0.25) is 0 Å². The fourth-order valence-corrected chi connectivity index (χ4v) is 3.56. The van der Waals surface area contributed by atoms with E-state index in [9.17, 15) is 9.90 Å². The van der Waals surface area contributed by atoms with E-state index in [0.717, 1.165) is 17.0 Å². The second-order valence-electron chi connectivity index (χ2n) is 7.06. The molecule has 2 unspecified atom stereocenters. The summed E-state index contributed by atoms with van der Waals surface area (Å²) in [5, 5.41) is 16.7. The molecule has 0 spiro atoms. The number of benzene rings is 2. The third-order valence-electron chi connectivity index (χ3n) is 4.06. The molecule has 28 heavy (non-hydrogen) atoms. The molecule has 0 saturated carbocycles. The second-order valence-corrected chi connectivity index (χ2v) is 8.15. The normalized spacial score (nSPS) is 13.1. The van der Waals surface area contributed by atoms with Crippen molar-refractivity contribution in [1.29, 1.82) is 0 Å². The Labute approximate surface area is 171 Å². The first-order valence-corrected chi connectivity index (χ1v) is 10.6. The number of ether oxygens (including phenoxy) is 1. The van der Waals surface area contributed by atoms with Crippen LogP contribution in [0, 0.1) is 5.92 Å². The fourth-order valence-electron chi connectivity index (χ4n) is 2.53. The molecule has 1 amide bonds. The van der Waals surface area contributed by atoms with Gasteiger partial charge < -0.3 is 20.5 Å². The number of aliphatic hydroxyl groups is 1. The van der Waals surface area contributed by atoms with Crippen LogP contribution < -0.4 is 10.6 Å². The fraction of sp³-hybridized carbons (Fsp3) is 0.409. The van der Waals surface area contributed by atoms with E-state index < -0.39 is 18.2 Å². The third-order valence-corrected chi connectivity index (χ3v) is 5.19. The highest BCUT2D eigenvalue weighted by Crippen LogP contribution is 2.19. The minimum Gasteiger partial charge on any atom is -0.445 e. The molecule has 0 aliphatic heterocycles. The molecule has 0 aliphatic rings. The van der Waals surface area contributed by atoms with Gasteiger partial charge in [-0.15, -0.1) is 11.8 Å². The summed E-state index contributed by atoms with van der Waals surface area (Å²) in [4.78, 5) is 13.3. The Morgan fingerprint density at radius 1 is 1.04 bits per heavy atom. The second kappa shape index (κ2) is 12.4. The van der Waals surface area contributed by atoms with Gasteiger partial charge in [0, 0.05) is 17.2 Å². The summed E-state index contributed by atoms with van der Waals surface area (Å²) in [7, 11) is 0. The molecule has 0 aliphatic carbocycles. The van der Waals surface area contributed by atoms with Gasteiger partial charge in [-0.05, 0) is 30.2 Å². The van der Waals surface area contributed by atoms with Crippen LogP contribution in [-0.2, 0) is 11.3 Å². The highest BCUT2D eigenvalue weighted by molar-refractivity contribution is 7.99. The molecule has 3 N–H and O–H groups in total. The van der Waals surface area contributed by atoms with E-state index in [1.165, 1.54) is 0 Å². The molecule has 2 aromatic carbocycles. The third kappa shape index (κ3) is 8.78. The predicted octanol–water partition coefficient (Wildman–Crippen LogP) is 3.68. The molecule has 0 bridgehead atoms. The number of thioether (sulfide) groups is 1. The van der Waals surface area contributed by atoms with Crippen LogP contribution in [0.15, 0.2) is 65.6 Å². The van der Waals surface area contributed by atoms with Gasteiger partial charge in [-0.2, -0.15) is 0 Å². The van der Waals surface area contributed by atoms with Crippen molar-refractivity contribution < 1.29 is 14.6 Å². The first-order chi connectivity index (χ1) is 13.5. The molecule has 0 heterocycles.